The number of rotatable bonds is 15. The molecular weight excluding hydrogens is 692 g/mol. The van der Waals surface area contributed by atoms with E-state index in [-0.39, 0.29) is 50.0 Å². The summed E-state index contributed by atoms with van der Waals surface area (Å²) < 4.78 is 5.92. The van der Waals surface area contributed by atoms with Crippen molar-refractivity contribution in [3.8, 4) is 12.3 Å². The zero-order valence-electron chi connectivity index (χ0n) is 31.9. The Labute approximate surface area is 317 Å². The molecular formula is C40H54N6O8. The zero-order chi connectivity index (χ0) is 39.7. The second kappa shape index (κ2) is 18.2. The van der Waals surface area contributed by atoms with Gasteiger partial charge in [-0.25, -0.2) is 9.59 Å². The number of hydrogen-bond donors (Lipinski definition) is 4. The summed E-state index contributed by atoms with van der Waals surface area (Å²) in [5.41, 5.74) is 1.26. The van der Waals surface area contributed by atoms with Gasteiger partial charge in [0.25, 0.3) is 5.91 Å². The van der Waals surface area contributed by atoms with Crippen LogP contribution in [0.4, 0.5) is 9.59 Å². The topological polar surface area (TPSA) is 183 Å². The van der Waals surface area contributed by atoms with Gasteiger partial charge in [-0.3, -0.25) is 24.0 Å². The van der Waals surface area contributed by atoms with Crippen molar-refractivity contribution in [2.45, 2.75) is 110 Å². The highest BCUT2D eigenvalue weighted by atomic mass is 16.6. The van der Waals surface area contributed by atoms with Crippen LogP contribution in [-0.2, 0) is 41.7 Å². The number of carbonyl (C=O) groups excluding carboxylic acids is 7. The highest BCUT2D eigenvalue weighted by Gasteiger charge is 2.47. The van der Waals surface area contributed by atoms with Crippen LogP contribution in [0.5, 0.6) is 0 Å². The maximum atomic E-state index is 14.5. The Morgan fingerprint density at radius 2 is 1.72 bits per heavy atom. The lowest BCUT2D eigenvalue weighted by Crippen LogP contribution is -2.61. The predicted octanol–water partition coefficient (Wildman–Crippen LogP) is 2.64. The number of nitrogens with zero attached hydrogens (tertiary/aromatic N) is 2. The van der Waals surface area contributed by atoms with Crippen LogP contribution in [0.1, 0.15) is 77.8 Å². The fraction of sp³-hybridized carbons (Fsp3) is 0.575. The second-order valence-corrected chi connectivity index (χ2v) is 15.7. The number of terminal acetylenes is 1. The van der Waals surface area contributed by atoms with Crippen molar-refractivity contribution in [3.63, 3.8) is 0 Å². The molecule has 2 fully saturated rings. The molecule has 4 rings (SSSR count). The summed E-state index contributed by atoms with van der Waals surface area (Å²) in [6.45, 7) is 13.0. The van der Waals surface area contributed by atoms with E-state index in [4.69, 9.17) is 11.2 Å². The molecule has 1 aromatic rings. The molecule has 14 nitrogen and oxygen atoms in total. The van der Waals surface area contributed by atoms with Crippen LogP contribution in [-0.4, -0.2) is 101 Å². The van der Waals surface area contributed by atoms with E-state index in [0.717, 1.165) is 24.0 Å². The summed E-state index contributed by atoms with van der Waals surface area (Å²) in [6.07, 6.45) is 7.45. The Morgan fingerprint density at radius 1 is 1.04 bits per heavy atom. The van der Waals surface area contributed by atoms with Crippen molar-refractivity contribution in [3.05, 3.63) is 48.0 Å². The van der Waals surface area contributed by atoms with Gasteiger partial charge >= 0.3 is 12.1 Å². The highest BCUT2D eigenvalue weighted by molar-refractivity contribution is 6.38. The second-order valence-electron chi connectivity index (χ2n) is 15.7. The van der Waals surface area contributed by atoms with Gasteiger partial charge in [0, 0.05) is 38.4 Å². The molecule has 1 aromatic carbocycles. The van der Waals surface area contributed by atoms with E-state index in [1.54, 1.807) is 25.7 Å². The third-order valence-electron chi connectivity index (χ3n) is 9.97. The molecule has 0 bridgehead atoms. The van der Waals surface area contributed by atoms with Gasteiger partial charge in [0.05, 0.1) is 18.6 Å². The Morgan fingerprint density at radius 3 is 2.33 bits per heavy atom. The minimum absolute atomic E-state index is 0.0301. The highest BCUT2D eigenvalue weighted by Crippen LogP contribution is 2.32. The number of fused-ring (bicyclic) bond motifs is 1. The molecule has 4 N–H and O–H groups in total. The molecule has 1 saturated carbocycles. The van der Waals surface area contributed by atoms with Crippen LogP contribution in [0.15, 0.2) is 36.9 Å². The standard InChI is InChI=1S/C40H54N6O8/c1-8-10-15-29(33(48)36(50)41-19-9-2)42-35(49)30-21-28(54-39(53)45-20-18-25-13-11-12-14-27(25)22-45)23-46(30)37(51)34(40(5,6)7)44-38(52)43-31(24(3)4)32(47)26-16-17-26/h1,9,11-14,24,26,28-31,34H,2,10,15-23H2,3-7H3,(H,41,50)(H,42,49)(H2,43,44,52)/t28-,29?,30+,31+,34-/m1/s1. The van der Waals surface area contributed by atoms with Crippen LogP contribution in [0, 0.1) is 29.6 Å². The number of hydrogen-bond acceptors (Lipinski definition) is 8. The van der Waals surface area contributed by atoms with Gasteiger partial charge < -0.3 is 35.8 Å². The maximum absolute atomic E-state index is 14.5. The van der Waals surface area contributed by atoms with Gasteiger partial charge in [-0.2, -0.15) is 0 Å². The number of benzene rings is 1. The van der Waals surface area contributed by atoms with Gasteiger partial charge in [-0.1, -0.05) is 65.0 Å². The summed E-state index contributed by atoms with van der Waals surface area (Å²) in [5.74, 6) is -1.16. The largest absolute Gasteiger partial charge is 0.444 e. The van der Waals surface area contributed by atoms with Crippen LogP contribution >= 0.6 is 0 Å². The zero-order valence-corrected chi connectivity index (χ0v) is 31.9. The lowest BCUT2D eigenvalue weighted by Gasteiger charge is -2.36. The van der Waals surface area contributed by atoms with E-state index in [2.05, 4.69) is 33.8 Å². The first-order valence-corrected chi connectivity index (χ1v) is 18.7. The molecule has 3 aliphatic rings. The molecule has 0 aromatic heterocycles. The van der Waals surface area contributed by atoms with Crippen LogP contribution in [0.25, 0.3) is 0 Å². The first-order valence-electron chi connectivity index (χ1n) is 18.7. The van der Waals surface area contributed by atoms with Crippen molar-refractivity contribution < 1.29 is 38.3 Å². The summed E-state index contributed by atoms with van der Waals surface area (Å²) >= 11 is 0. The Hall–Kier alpha value is -5.19. The van der Waals surface area contributed by atoms with E-state index < -0.39 is 71.3 Å². The number of ether oxygens (including phenoxy) is 1. The number of urea groups is 1. The summed E-state index contributed by atoms with van der Waals surface area (Å²) in [6, 6.07) is 2.61. The number of carbonyl (C=O) groups is 7. The minimum atomic E-state index is -1.30. The number of amides is 6. The monoisotopic (exact) mass is 746 g/mol. The van der Waals surface area contributed by atoms with Crippen molar-refractivity contribution in [1.29, 1.82) is 0 Å². The number of likely N-dealkylation sites (tertiary alicyclic amines) is 1. The molecule has 1 saturated heterocycles. The number of nitrogens with one attached hydrogen (secondary N) is 4. The average molecular weight is 747 g/mol. The third-order valence-corrected chi connectivity index (χ3v) is 9.97. The molecule has 292 valence electrons. The summed E-state index contributed by atoms with van der Waals surface area (Å²) in [7, 11) is 0. The predicted molar refractivity (Wildman–Crippen MR) is 200 cm³/mol. The normalized spacial score (nSPS) is 19.6. The van der Waals surface area contributed by atoms with Gasteiger partial charge in [-0.05, 0) is 48.1 Å². The fourth-order valence-electron chi connectivity index (χ4n) is 6.73. The van der Waals surface area contributed by atoms with Crippen molar-refractivity contribution in [2.24, 2.45) is 17.3 Å². The number of ketones is 2. The van der Waals surface area contributed by atoms with Crippen molar-refractivity contribution in [2.75, 3.05) is 19.6 Å². The van der Waals surface area contributed by atoms with E-state index in [0.29, 0.717) is 19.5 Å². The van der Waals surface area contributed by atoms with Crippen molar-refractivity contribution in [1.82, 2.24) is 31.1 Å². The Balaban J connectivity index is 1.57. The molecule has 5 atom stereocenters. The van der Waals surface area contributed by atoms with Crippen LogP contribution < -0.4 is 21.3 Å². The Bertz CT molecular complexity index is 1660. The number of Topliss-reactive ketones (excluding diaryl/α,β-unsaturated/α-hetero) is 2. The van der Waals surface area contributed by atoms with Crippen LogP contribution in [0.3, 0.4) is 0 Å². The first-order chi connectivity index (χ1) is 25.5. The smallest absolute Gasteiger partial charge is 0.410 e. The lowest BCUT2D eigenvalue weighted by atomic mass is 9.85. The molecule has 2 heterocycles. The molecule has 0 radical (unpaired) electrons. The van der Waals surface area contributed by atoms with Crippen LogP contribution in [0.2, 0.25) is 0 Å². The molecule has 0 spiro atoms. The van der Waals surface area contributed by atoms with Gasteiger partial charge in [0.2, 0.25) is 17.6 Å². The molecule has 54 heavy (non-hydrogen) atoms. The lowest BCUT2D eigenvalue weighted by molar-refractivity contribution is -0.143. The van der Waals surface area contributed by atoms with E-state index in [9.17, 15) is 33.6 Å². The van der Waals surface area contributed by atoms with E-state index >= 15 is 0 Å². The molecule has 14 heteroatoms. The summed E-state index contributed by atoms with van der Waals surface area (Å²) in [5, 5.41) is 10.5. The maximum Gasteiger partial charge on any atom is 0.410 e. The van der Waals surface area contributed by atoms with E-state index in [1.165, 1.54) is 11.0 Å². The van der Waals surface area contributed by atoms with Crippen molar-refractivity contribution >= 4 is 41.4 Å². The summed E-state index contributed by atoms with van der Waals surface area (Å²) in [4.78, 5) is 96.9. The van der Waals surface area contributed by atoms with Gasteiger partial charge in [0.1, 0.15) is 18.2 Å². The van der Waals surface area contributed by atoms with Gasteiger partial charge in [-0.15, -0.1) is 18.9 Å². The fourth-order valence-corrected chi connectivity index (χ4v) is 6.73. The molecule has 6 amide bonds. The minimum Gasteiger partial charge on any atom is -0.444 e. The van der Waals surface area contributed by atoms with E-state index in [1.807, 2.05) is 38.1 Å². The first kappa shape index (κ1) is 41.6. The average Bonchev–Trinajstić information content (AvgIpc) is 3.91. The Kier molecular flexibility index (Phi) is 14.0. The molecule has 1 unspecified atom stereocenters. The molecule has 2 aliphatic heterocycles. The molecule has 1 aliphatic carbocycles. The SMILES string of the molecule is C#CCCC(NC(=O)[C@@H]1C[C@@H](OC(=O)N2CCc3ccccc3C2)CN1C(=O)[C@@H](NC(=O)N[C@H](C(=O)C1CC1)C(C)C)C(C)(C)C)C(=O)C(=O)NCC=C. The third kappa shape index (κ3) is 10.7. The van der Waals surface area contributed by atoms with Gasteiger partial charge in [0.15, 0.2) is 5.78 Å². The quantitative estimate of drug-likeness (QED) is 0.120.